The number of aromatic nitrogens is 1. The molecule has 0 bridgehead atoms. The first-order chi connectivity index (χ1) is 9.65. The van der Waals surface area contributed by atoms with Crippen LogP contribution in [-0.4, -0.2) is 40.1 Å². The summed E-state index contributed by atoms with van der Waals surface area (Å²) in [6.07, 6.45) is 0.657. The second kappa shape index (κ2) is 4.96. The fraction of sp³-hybridized carbons (Fsp3) is 0.357. The average Bonchev–Trinajstić information content (AvgIpc) is 3.06. The number of hydrogen-bond acceptors (Lipinski definition) is 4. The normalized spacial score (nSPS) is 18.6. The molecule has 6 nitrogen and oxygen atoms in total. The van der Waals surface area contributed by atoms with Crippen molar-refractivity contribution in [2.75, 3.05) is 13.1 Å². The van der Waals surface area contributed by atoms with Crippen LogP contribution in [0, 0.1) is 5.92 Å². The van der Waals surface area contributed by atoms with Crippen molar-refractivity contribution in [1.29, 1.82) is 0 Å². The number of amides is 1. The molecule has 3 rings (SSSR count). The van der Waals surface area contributed by atoms with Gasteiger partial charge in [0.2, 0.25) is 5.91 Å². The minimum Gasteiger partial charge on any atom is -0.481 e. The first-order valence-corrected chi connectivity index (χ1v) is 6.49. The van der Waals surface area contributed by atoms with E-state index in [2.05, 4.69) is 5.16 Å². The summed E-state index contributed by atoms with van der Waals surface area (Å²) in [7, 11) is 0. The Balaban J connectivity index is 1.72. The van der Waals surface area contributed by atoms with Gasteiger partial charge in [-0.2, -0.15) is 0 Å². The molecular formula is C14H14N2O4. The number of rotatable bonds is 3. The minimum absolute atomic E-state index is 0.104. The Hall–Kier alpha value is -2.37. The van der Waals surface area contributed by atoms with Gasteiger partial charge in [0.15, 0.2) is 5.58 Å². The molecule has 1 aromatic heterocycles. The summed E-state index contributed by atoms with van der Waals surface area (Å²) in [5.41, 5.74) is 1.25. The number of fused-ring (bicyclic) bond motifs is 1. The first-order valence-electron chi connectivity index (χ1n) is 6.49. The van der Waals surface area contributed by atoms with Crippen LogP contribution < -0.4 is 0 Å². The second-order valence-corrected chi connectivity index (χ2v) is 4.97. The van der Waals surface area contributed by atoms with Gasteiger partial charge in [0.25, 0.3) is 0 Å². The Morgan fingerprint density at radius 2 is 2.20 bits per heavy atom. The van der Waals surface area contributed by atoms with Gasteiger partial charge in [-0.15, -0.1) is 0 Å². The zero-order chi connectivity index (χ0) is 14.1. The van der Waals surface area contributed by atoms with Gasteiger partial charge in [-0.3, -0.25) is 9.59 Å². The summed E-state index contributed by atoms with van der Waals surface area (Å²) in [5, 5.41) is 13.7. The van der Waals surface area contributed by atoms with Gasteiger partial charge in [0.1, 0.15) is 5.69 Å². The van der Waals surface area contributed by atoms with Crippen molar-refractivity contribution in [3.8, 4) is 0 Å². The van der Waals surface area contributed by atoms with Crippen LogP contribution in [0.3, 0.4) is 0 Å². The van der Waals surface area contributed by atoms with Gasteiger partial charge < -0.3 is 14.5 Å². The number of nitrogens with zero attached hydrogens (tertiary/aromatic N) is 2. The molecule has 1 aliphatic rings. The van der Waals surface area contributed by atoms with E-state index in [0.29, 0.717) is 24.2 Å². The van der Waals surface area contributed by atoms with E-state index in [1.54, 1.807) is 11.0 Å². The van der Waals surface area contributed by atoms with Gasteiger partial charge >= 0.3 is 5.97 Å². The molecule has 20 heavy (non-hydrogen) atoms. The molecule has 1 saturated heterocycles. The number of carboxylic acids is 1. The smallest absolute Gasteiger partial charge is 0.308 e. The summed E-state index contributed by atoms with van der Waals surface area (Å²) < 4.78 is 5.16. The van der Waals surface area contributed by atoms with E-state index in [4.69, 9.17) is 9.63 Å². The monoisotopic (exact) mass is 274 g/mol. The highest BCUT2D eigenvalue weighted by Crippen LogP contribution is 2.21. The number of benzene rings is 1. The lowest BCUT2D eigenvalue weighted by Crippen LogP contribution is -2.31. The highest BCUT2D eigenvalue weighted by molar-refractivity contribution is 5.86. The molecule has 1 N–H and O–H groups in total. The van der Waals surface area contributed by atoms with Crippen LogP contribution >= 0.6 is 0 Å². The Bertz CT molecular complexity index is 664. The Labute approximate surface area is 115 Å². The molecule has 2 aromatic rings. The van der Waals surface area contributed by atoms with E-state index in [9.17, 15) is 9.59 Å². The van der Waals surface area contributed by atoms with E-state index in [1.165, 1.54) is 0 Å². The molecule has 0 unspecified atom stereocenters. The van der Waals surface area contributed by atoms with Crippen molar-refractivity contribution in [3.63, 3.8) is 0 Å². The number of carbonyl (C=O) groups is 2. The van der Waals surface area contributed by atoms with Crippen LogP contribution in [0.2, 0.25) is 0 Å². The third kappa shape index (κ3) is 2.24. The SMILES string of the molecule is O=C(O)[C@@H]1CCN(C(=O)Cc2noc3ccccc23)C1. The summed E-state index contributed by atoms with van der Waals surface area (Å²) in [6.45, 7) is 0.773. The molecule has 1 atom stereocenters. The zero-order valence-electron chi connectivity index (χ0n) is 10.8. The lowest BCUT2D eigenvalue weighted by Gasteiger charge is -2.14. The van der Waals surface area contributed by atoms with E-state index in [-0.39, 0.29) is 18.9 Å². The van der Waals surface area contributed by atoms with Gasteiger partial charge in [-0.1, -0.05) is 17.3 Å². The molecule has 0 saturated carbocycles. The van der Waals surface area contributed by atoms with Crippen molar-refractivity contribution in [2.24, 2.45) is 5.92 Å². The molecule has 1 amide bonds. The maximum Gasteiger partial charge on any atom is 0.308 e. The van der Waals surface area contributed by atoms with Crippen LogP contribution in [0.4, 0.5) is 0 Å². The molecular weight excluding hydrogens is 260 g/mol. The van der Waals surface area contributed by atoms with Crippen molar-refractivity contribution in [1.82, 2.24) is 10.1 Å². The highest BCUT2D eigenvalue weighted by Gasteiger charge is 2.31. The highest BCUT2D eigenvalue weighted by atomic mass is 16.5. The van der Waals surface area contributed by atoms with Gasteiger partial charge in [0, 0.05) is 18.5 Å². The Morgan fingerprint density at radius 1 is 1.40 bits per heavy atom. The number of para-hydroxylation sites is 1. The van der Waals surface area contributed by atoms with Crippen molar-refractivity contribution in [3.05, 3.63) is 30.0 Å². The maximum absolute atomic E-state index is 12.2. The van der Waals surface area contributed by atoms with E-state index in [0.717, 1.165) is 5.39 Å². The van der Waals surface area contributed by atoms with Crippen molar-refractivity contribution < 1.29 is 19.2 Å². The maximum atomic E-state index is 12.2. The summed E-state index contributed by atoms with van der Waals surface area (Å²) in [5.74, 6) is -1.40. The van der Waals surface area contributed by atoms with Crippen LogP contribution in [0.15, 0.2) is 28.8 Å². The molecule has 2 heterocycles. The van der Waals surface area contributed by atoms with Crippen LogP contribution in [-0.2, 0) is 16.0 Å². The largest absolute Gasteiger partial charge is 0.481 e. The fourth-order valence-corrected chi connectivity index (χ4v) is 2.51. The number of likely N-dealkylation sites (tertiary alicyclic amines) is 1. The Morgan fingerprint density at radius 3 is 2.95 bits per heavy atom. The fourth-order valence-electron chi connectivity index (χ4n) is 2.51. The zero-order valence-corrected chi connectivity index (χ0v) is 10.8. The standard InChI is InChI=1S/C14H14N2O4/c17-13(16-6-5-9(8-16)14(18)19)7-11-10-3-1-2-4-12(10)20-15-11/h1-4,9H,5-8H2,(H,18,19)/t9-/m1/s1. The molecule has 104 valence electrons. The third-order valence-electron chi connectivity index (χ3n) is 3.66. The first kappa shape index (κ1) is 12.7. The molecule has 6 heteroatoms. The minimum atomic E-state index is -0.841. The average molecular weight is 274 g/mol. The summed E-state index contributed by atoms with van der Waals surface area (Å²) in [6, 6.07) is 7.37. The Kier molecular flexibility index (Phi) is 3.14. The van der Waals surface area contributed by atoms with Gasteiger partial charge in [-0.05, 0) is 18.6 Å². The predicted octanol–water partition coefficient (Wildman–Crippen LogP) is 1.30. The predicted molar refractivity (Wildman–Crippen MR) is 70.0 cm³/mol. The second-order valence-electron chi connectivity index (χ2n) is 4.97. The van der Waals surface area contributed by atoms with Gasteiger partial charge in [0.05, 0.1) is 12.3 Å². The van der Waals surface area contributed by atoms with Crippen molar-refractivity contribution in [2.45, 2.75) is 12.8 Å². The molecule has 0 radical (unpaired) electrons. The number of aliphatic carboxylic acids is 1. The van der Waals surface area contributed by atoms with Crippen LogP contribution in [0.5, 0.6) is 0 Å². The summed E-state index contributed by atoms with van der Waals surface area (Å²) in [4.78, 5) is 24.7. The quantitative estimate of drug-likeness (QED) is 0.912. The van der Waals surface area contributed by atoms with E-state index < -0.39 is 11.9 Å². The van der Waals surface area contributed by atoms with Crippen molar-refractivity contribution >= 4 is 22.8 Å². The number of carbonyl (C=O) groups excluding carboxylic acids is 1. The van der Waals surface area contributed by atoms with Crippen LogP contribution in [0.25, 0.3) is 11.0 Å². The molecule has 0 aliphatic carbocycles. The molecule has 1 aromatic carbocycles. The topological polar surface area (TPSA) is 83.6 Å². The molecule has 1 aliphatic heterocycles. The van der Waals surface area contributed by atoms with E-state index in [1.807, 2.05) is 18.2 Å². The van der Waals surface area contributed by atoms with Gasteiger partial charge in [-0.25, -0.2) is 0 Å². The lowest BCUT2D eigenvalue weighted by molar-refractivity contribution is -0.141. The lowest BCUT2D eigenvalue weighted by atomic mass is 10.1. The number of hydrogen-bond donors (Lipinski definition) is 1. The third-order valence-corrected chi connectivity index (χ3v) is 3.66. The molecule has 0 spiro atoms. The molecule has 1 fully saturated rings. The number of carboxylic acid groups (broad SMARTS) is 1. The van der Waals surface area contributed by atoms with Crippen LogP contribution in [0.1, 0.15) is 12.1 Å². The summed E-state index contributed by atoms with van der Waals surface area (Å²) >= 11 is 0. The van der Waals surface area contributed by atoms with E-state index >= 15 is 0 Å².